The van der Waals surface area contributed by atoms with E-state index in [0.29, 0.717) is 17.5 Å². The smallest absolute Gasteiger partial charge is 0.164 e. The first-order valence-electron chi connectivity index (χ1n) is 34.5. The molecule has 102 heavy (non-hydrogen) atoms. The van der Waals surface area contributed by atoms with E-state index in [1.54, 1.807) is 0 Å². The Balaban J connectivity index is 0.765. The molecule has 15 aromatic carbocycles. The first kappa shape index (κ1) is 59.4. The van der Waals surface area contributed by atoms with Crippen LogP contribution >= 0.6 is 0 Å². The van der Waals surface area contributed by atoms with Crippen LogP contribution in [0, 0.1) is 0 Å². The van der Waals surface area contributed by atoms with Crippen molar-refractivity contribution in [2.45, 2.75) is 0 Å². The fourth-order valence-corrected chi connectivity index (χ4v) is 15.1. The predicted molar refractivity (Wildman–Crippen MR) is 423 cm³/mol. The number of benzene rings is 15. The van der Waals surface area contributed by atoms with Gasteiger partial charge in [0.15, 0.2) is 17.5 Å². The van der Waals surface area contributed by atoms with Crippen LogP contribution < -0.4 is 14.7 Å². The molecule has 0 atom stereocenters. The summed E-state index contributed by atoms with van der Waals surface area (Å²) in [5.41, 5.74) is 21.7. The molecule has 0 N–H and O–H groups in total. The van der Waals surface area contributed by atoms with Gasteiger partial charge in [0.05, 0.1) is 33.1 Å². The van der Waals surface area contributed by atoms with Crippen LogP contribution in [0.15, 0.2) is 382 Å². The van der Waals surface area contributed by atoms with Crippen LogP contribution in [0.2, 0.25) is 0 Å². The third kappa shape index (κ3) is 10.5. The van der Waals surface area contributed by atoms with Crippen LogP contribution in [0.5, 0.6) is 0 Å². The van der Waals surface area contributed by atoms with E-state index in [1.165, 1.54) is 0 Å². The quantitative estimate of drug-likeness (QED) is 0.102. The molecule has 19 rings (SSSR count). The first-order valence-corrected chi connectivity index (χ1v) is 34.5. The number of aromatic nitrogens is 6. The molecule has 0 fully saturated rings. The summed E-state index contributed by atoms with van der Waals surface area (Å²) in [6.07, 6.45) is 0. The Bertz CT molecular complexity index is 5580. The predicted octanol–water partition coefficient (Wildman–Crippen LogP) is 24.6. The number of hydrogen-bond acceptors (Lipinski definition) is 6. The molecule has 0 saturated carbocycles. The van der Waals surface area contributed by atoms with Crippen LogP contribution in [-0.4, -0.2) is 28.7 Å². The SMILES string of the molecule is c1ccc(N(c2ccccc2)c2ccc3c(c2)c2ccccc2n3-c2cccc(-c3nc(-c4cccc(-n5c6ccccc6c6cc(N(c7ccccc7)c7ccccc7)ccc65)c4)nc(-c4cccc(-n5c6ccccc6c6cc(N(c7ccccc7)c7ccccc7)ccc65)c4)n3)c2)cc1. The van der Waals surface area contributed by atoms with Crippen molar-refractivity contribution >= 4 is 117 Å². The number of hydrogen-bond donors (Lipinski definition) is 0. The van der Waals surface area contributed by atoms with Gasteiger partial charge in [0.25, 0.3) is 0 Å². The van der Waals surface area contributed by atoms with Gasteiger partial charge in [0.1, 0.15) is 0 Å². The lowest BCUT2D eigenvalue weighted by Gasteiger charge is -2.25. The van der Waals surface area contributed by atoms with E-state index in [0.717, 1.165) is 150 Å². The van der Waals surface area contributed by atoms with Crippen molar-refractivity contribution < 1.29 is 0 Å². The van der Waals surface area contributed by atoms with E-state index >= 15 is 0 Å². The number of rotatable bonds is 15. The second-order valence-electron chi connectivity index (χ2n) is 25.6. The summed E-state index contributed by atoms with van der Waals surface area (Å²) in [5, 5.41) is 6.89. The lowest BCUT2D eigenvalue weighted by Crippen LogP contribution is -2.09. The largest absolute Gasteiger partial charge is 0.310 e. The Kier molecular flexibility index (Phi) is 14.7. The van der Waals surface area contributed by atoms with Crippen molar-refractivity contribution in [2.75, 3.05) is 14.7 Å². The highest BCUT2D eigenvalue weighted by Gasteiger charge is 2.24. The average molecular weight is 1310 g/mol. The molecule has 19 aromatic rings. The minimum Gasteiger partial charge on any atom is -0.310 e. The van der Waals surface area contributed by atoms with Crippen molar-refractivity contribution in [1.82, 2.24) is 28.7 Å². The van der Waals surface area contributed by atoms with Gasteiger partial charge in [-0.3, -0.25) is 0 Å². The molecule has 480 valence electrons. The molecule has 0 spiro atoms. The zero-order valence-corrected chi connectivity index (χ0v) is 55.4. The fourth-order valence-electron chi connectivity index (χ4n) is 15.1. The maximum absolute atomic E-state index is 5.53. The summed E-state index contributed by atoms with van der Waals surface area (Å²) in [5.74, 6) is 1.65. The van der Waals surface area contributed by atoms with E-state index in [2.05, 4.69) is 411 Å². The van der Waals surface area contributed by atoms with Gasteiger partial charge >= 0.3 is 0 Å². The van der Waals surface area contributed by atoms with Crippen molar-refractivity contribution in [3.63, 3.8) is 0 Å². The van der Waals surface area contributed by atoms with Gasteiger partial charge < -0.3 is 28.4 Å². The van der Waals surface area contributed by atoms with Crippen molar-refractivity contribution in [1.29, 1.82) is 0 Å². The van der Waals surface area contributed by atoms with Gasteiger partial charge in [-0.05, 0) is 182 Å². The minimum absolute atomic E-state index is 0.550. The van der Waals surface area contributed by atoms with Crippen molar-refractivity contribution in [3.8, 4) is 51.2 Å². The van der Waals surface area contributed by atoms with Gasteiger partial charge in [-0.25, -0.2) is 15.0 Å². The highest BCUT2D eigenvalue weighted by atomic mass is 15.2. The summed E-state index contributed by atoms with van der Waals surface area (Å²) in [4.78, 5) is 23.6. The van der Waals surface area contributed by atoms with Crippen LogP contribution in [0.4, 0.5) is 51.2 Å². The molecule has 0 amide bonds. The molecule has 0 aliphatic heterocycles. The third-order valence-corrected chi connectivity index (χ3v) is 19.6. The highest BCUT2D eigenvalue weighted by molar-refractivity contribution is 6.13. The Morgan fingerprint density at radius 3 is 0.647 bits per heavy atom. The summed E-state index contributed by atoms with van der Waals surface area (Å²) in [7, 11) is 0. The van der Waals surface area contributed by atoms with Gasteiger partial charge in [-0.2, -0.15) is 0 Å². The van der Waals surface area contributed by atoms with Gasteiger partial charge in [0.2, 0.25) is 0 Å². The highest BCUT2D eigenvalue weighted by Crippen LogP contribution is 2.45. The van der Waals surface area contributed by atoms with Crippen LogP contribution in [0.25, 0.3) is 117 Å². The van der Waals surface area contributed by atoms with Crippen molar-refractivity contribution in [3.05, 3.63) is 382 Å². The average Bonchev–Trinajstić information content (AvgIpc) is 1.24. The van der Waals surface area contributed by atoms with Gasteiger partial charge in [0, 0.05) is 117 Å². The molecule has 0 aliphatic carbocycles. The van der Waals surface area contributed by atoms with E-state index in [1.807, 2.05) is 0 Å². The molecule has 0 saturated heterocycles. The molecule has 9 heteroatoms. The molecule has 0 unspecified atom stereocenters. The van der Waals surface area contributed by atoms with Crippen LogP contribution in [0.3, 0.4) is 0 Å². The standard InChI is InChI=1S/C93H63N9/c1-7-31-67(32-8-1)97(68-33-9-2-10-34-68)76-52-55-88-82(61-76)79-46-19-22-49-85(79)100(88)73-43-25-28-64(58-73)91-94-92(65-29-26-44-74(59-65)101-86-50-23-20-47-80(86)83-62-77(53-56-89(83)101)98(69-35-11-3-12-36-69)70-37-13-4-14-38-70)96-93(95-91)66-30-27-45-75(60-66)102-87-51-24-21-48-81(87)84-63-78(54-57-90(84)102)99(71-39-15-5-16-40-71)72-41-17-6-18-42-72/h1-63H. The second-order valence-corrected chi connectivity index (χ2v) is 25.6. The second kappa shape index (κ2) is 25.2. The summed E-state index contributed by atoms with van der Waals surface area (Å²) >= 11 is 0. The van der Waals surface area contributed by atoms with Crippen molar-refractivity contribution in [2.24, 2.45) is 0 Å². The number of fused-ring (bicyclic) bond motifs is 9. The summed E-state index contributed by atoms with van der Waals surface area (Å²) < 4.78 is 7.11. The Labute approximate surface area is 589 Å². The Hall–Kier alpha value is -13.9. The fraction of sp³-hybridized carbons (Fsp3) is 0. The molecule has 9 nitrogen and oxygen atoms in total. The molecule has 0 aliphatic rings. The summed E-state index contributed by atoms with van der Waals surface area (Å²) in [6, 6.07) is 136. The molecule has 0 radical (unpaired) electrons. The zero-order chi connectivity index (χ0) is 67.5. The van der Waals surface area contributed by atoms with Gasteiger partial charge in [-0.15, -0.1) is 0 Å². The van der Waals surface area contributed by atoms with E-state index in [-0.39, 0.29) is 0 Å². The minimum atomic E-state index is 0.550. The summed E-state index contributed by atoms with van der Waals surface area (Å²) in [6.45, 7) is 0. The maximum atomic E-state index is 5.53. The van der Waals surface area contributed by atoms with Gasteiger partial charge in [-0.1, -0.05) is 200 Å². The molecular formula is C93H63N9. The zero-order valence-electron chi connectivity index (χ0n) is 55.4. The number of para-hydroxylation sites is 9. The third-order valence-electron chi connectivity index (χ3n) is 19.6. The Morgan fingerprint density at radius 2 is 0.392 bits per heavy atom. The van der Waals surface area contributed by atoms with Crippen LogP contribution in [0.1, 0.15) is 0 Å². The molecule has 4 heterocycles. The topological polar surface area (TPSA) is 63.2 Å². The normalized spacial score (nSPS) is 11.5. The number of nitrogens with zero attached hydrogens (tertiary/aromatic N) is 9. The molecule has 0 bridgehead atoms. The van der Waals surface area contributed by atoms with E-state index < -0.39 is 0 Å². The first-order chi connectivity index (χ1) is 50.6. The lowest BCUT2D eigenvalue weighted by atomic mass is 10.1. The van der Waals surface area contributed by atoms with Crippen LogP contribution in [-0.2, 0) is 0 Å². The lowest BCUT2D eigenvalue weighted by molar-refractivity contribution is 1.07. The van der Waals surface area contributed by atoms with E-state index in [9.17, 15) is 0 Å². The Morgan fingerprint density at radius 1 is 0.167 bits per heavy atom. The van der Waals surface area contributed by atoms with E-state index in [4.69, 9.17) is 15.0 Å². The monoisotopic (exact) mass is 1310 g/mol. The molecular weight excluding hydrogens is 1240 g/mol. The maximum Gasteiger partial charge on any atom is 0.164 e. The molecule has 4 aromatic heterocycles. The number of anilines is 9.